The fourth-order valence-electron chi connectivity index (χ4n) is 3.07. The van der Waals surface area contributed by atoms with E-state index in [4.69, 9.17) is 0 Å². The van der Waals surface area contributed by atoms with Gasteiger partial charge in [-0.15, -0.1) is 0 Å². The maximum Gasteiger partial charge on any atom is 0.243 e. The minimum Gasteiger partial charge on any atom is -0.335 e. The molecule has 0 unspecified atom stereocenters. The summed E-state index contributed by atoms with van der Waals surface area (Å²) in [5.74, 6) is -0.218. The fourth-order valence-corrected chi connectivity index (χ4v) is 4.09. The van der Waals surface area contributed by atoms with Crippen molar-refractivity contribution in [2.45, 2.75) is 51.2 Å². The summed E-state index contributed by atoms with van der Waals surface area (Å²) in [5.41, 5.74) is 1.01. The van der Waals surface area contributed by atoms with Crippen molar-refractivity contribution in [3.63, 3.8) is 0 Å². The van der Waals surface area contributed by atoms with Crippen molar-refractivity contribution in [3.05, 3.63) is 17.7 Å². The van der Waals surface area contributed by atoms with Crippen molar-refractivity contribution < 1.29 is 13.2 Å². The highest BCUT2D eigenvalue weighted by molar-refractivity contribution is 7.88. The number of nitrogens with one attached hydrogen (secondary N) is 1. The van der Waals surface area contributed by atoms with Gasteiger partial charge in [-0.1, -0.05) is 0 Å². The van der Waals surface area contributed by atoms with Crippen LogP contribution in [0.4, 0.5) is 0 Å². The number of fused-ring (bicyclic) bond motifs is 1. The van der Waals surface area contributed by atoms with Crippen LogP contribution in [0.5, 0.6) is 0 Å². The van der Waals surface area contributed by atoms with E-state index in [1.165, 1.54) is 18.5 Å². The molecule has 3 rings (SSSR count). The van der Waals surface area contributed by atoms with Crippen molar-refractivity contribution in [3.8, 4) is 0 Å². The molecule has 122 valence electrons. The first-order chi connectivity index (χ1) is 10.2. The largest absolute Gasteiger partial charge is 0.335 e. The number of rotatable bonds is 4. The molecule has 1 saturated carbocycles. The third-order valence-corrected chi connectivity index (χ3v) is 5.03. The van der Waals surface area contributed by atoms with E-state index < -0.39 is 15.6 Å². The summed E-state index contributed by atoms with van der Waals surface area (Å²) in [6, 6.07) is 0.585. The Morgan fingerprint density at radius 2 is 2.09 bits per heavy atom. The summed E-state index contributed by atoms with van der Waals surface area (Å²) in [6.45, 7) is 4.23. The van der Waals surface area contributed by atoms with Gasteiger partial charge in [0.05, 0.1) is 24.8 Å². The Labute approximate surface area is 130 Å². The molecule has 1 aromatic heterocycles. The summed E-state index contributed by atoms with van der Waals surface area (Å²) >= 11 is 0. The van der Waals surface area contributed by atoms with Gasteiger partial charge in [0.2, 0.25) is 15.9 Å². The molecule has 2 heterocycles. The normalized spacial score (nSPS) is 19.1. The number of hydrogen-bond acceptors (Lipinski definition) is 4. The predicted molar refractivity (Wildman–Crippen MR) is 81.7 cm³/mol. The number of carbonyl (C=O) groups excluding carboxylic acids is 1. The van der Waals surface area contributed by atoms with Crippen LogP contribution >= 0.6 is 0 Å². The van der Waals surface area contributed by atoms with Crippen LogP contribution in [0.2, 0.25) is 0 Å². The number of hydrogen-bond donors (Lipinski definition) is 1. The Kier molecular flexibility index (Phi) is 3.56. The summed E-state index contributed by atoms with van der Waals surface area (Å²) in [5, 5.41) is 0. The van der Waals surface area contributed by atoms with Gasteiger partial charge in [0, 0.05) is 24.7 Å². The van der Waals surface area contributed by atoms with E-state index in [2.05, 4.69) is 14.3 Å². The highest BCUT2D eigenvalue weighted by atomic mass is 32.2. The highest BCUT2D eigenvalue weighted by Crippen LogP contribution is 2.37. The molecule has 22 heavy (non-hydrogen) atoms. The van der Waals surface area contributed by atoms with Gasteiger partial charge in [0.15, 0.2) is 0 Å². The average molecular weight is 326 g/mol. The maximum atomic E-state index is 12.6. The summed E-state index contributed by atoms with van der Waals surface area (Å²) < 4.78 is 27.5. The van der Waals surface area contributed by atoms with Gasteiger partial charge < -0.3 is 9.47 Å². The topological polar surface area (TPSA) is 84.3 Å². The molecule has 0 aromatic carbocycles. The fraction of sp³-hybridized carbons (Fsp3) is 0.714. The monoisotopic (exact) mass is 326 g/mol. The van der Waals surface area contributed by atoms with E-state index in [9.17, 15) is 13.2 Å². The Morgan fingerprint density at radius 3 is 2.68 bits per heavy atom. The number of imidazole rings is 1. The lowest BCUT2D eigenvalue weighted by Crippen LogP contribution is -2.56. The predicted octanol–water partition coefficient (Wildman–Crippen LogP) is 0.430. The van der Waals surface area contributed by atoms with Crippen LogP contribution in [-0.2, 0) is 27.8 Å². The molecule has 1 aromatic rings. The molecule has 2 aliphatic rings. The van der Waals surface area contributed by atoms with Crippen LogP contribution in [0.1, 0.15) is 44.1 Å². The molecular formula is C14H22N4O3S. The zero-order valence-electron chi connectivity index (χ0n) is 13.2. The van der Waals surface area contributed by atoms with E-state index in [1.807, 2.05) is 6.33 Å². The Hall–Kier alpha value is -1.41. The van der Waals surface area contributed by atoms with E-state index in [-0.39, 0.29) is 5.91 Å². The summed E-state index contributed by atoms with van der Waals surface area (Å²) in [6.07, 6.45) is 6.11. The Balaban J connectivity index is 1.75. The van der Waals surface area contributed by atoms with E-state index >= 15 is 0 Å². The smallest absolute Gasteiger partial charge is 0.243 e. The number of nitrogens with zero attached hydrogens (tertiary/aromatic N) is 3. The quantitative estimate of drug-likeness (QED) is 0.870. The van der Waals surface area contributed by atoms with E-state index in [0.717, 1.165) is 18.4 Å². The molecule has 1 aliphatic carbocycles. The molecule has 8 heteroatoms. The zero-order chi connectivity index (χ0) is 16.1. The molecule has 0 bridgehead atoms. The van der Waals surface area contributed by atoms with Crippen molar-refractivity contribution in [2.75, 3.05) is 12.8 Å². The van der Waals surface area contributed by atoms with Crippen molar-refractivity contribution in [1.29, 1.82) is 0 Å². The van der Waals surface area contributed by atoms with Crippen LogP contribution in [0.15, 0.2) is 6.33 Å². The summed E-state index contributed by atoms with van der Waals surface area (Å²) in [7, 11) is -3.44. The third kappa shape index (κ3) is 3.03. The minimum atomic E-state index is -3.44. The number of amides is 1. The number of carbonyl (C=O) groups is 1. The van der Waals surface area contributed by atoms with Gasteiger partial charge in [0.25, 0.3) is 0 Å². The molecule has 0 spiro atoms. The Morgan fingerprint density at radius 1 is 1.41 bits per heavy atom. The minimum absolute atomic E-state index is 0.218. The van der Waals surface area contributed by atoms with E-state index in [0.29, 0.717) is 19.1 Å². The average Bonchev–Trinajstić information content (AvgIpc) is 3.14. The summed E-state index contributed by atoms with van der Waals surface area (Å²) in [4.78, 5) is 18.7. The molecule has 1 N–H and O–H groups in total. The van der Waals surface area contributed by atoms with Crippen molar-refractivity contribution in [2.24, 2.45) is 0 Å². The SMILES string of the molecule is CC(C)(NS(C)(=O)=O)C(=O)N1CCc2c(ncn2C2CC2)C1. The highest BCUT2D eigenvalue weighted by Gasteiger charge is 2.37. The molecule has 7 nitrogen and oxygen atoms in total. The first-order valence-corrected chi connectivity index (χ1v) is 9.39. The molecule has 0 atom stereocenters. The van der Waals surface area contributed by atoms with E-state index in [1.54, 1.807) is 18.7 Å². The second-order valence-corrected chi connectivity index (χ2v) is 8.50. The number of sulfonamides is 1. The van der Waals surface area contributed by atoms with Gasteiger partial charge in [-0.25, -0.2) is 18.1 Å². The van der Waals surface area contributed by atoms with Gasteiger partial charge in [0.1, 0.15) is 5.54 Å². The third-order valence-electron chi connectivity index (χ3n) is 4.14. The lowest BCUT2D eigenvalue weighted by Gasteiger charge is -2.34. The first kappa shape index (κ1) is 15.5. The van der Waals surface area contributed by atoms with Crippen LogP contribution < -0.4 is 4.72 Å². The zero-order valence-corrected chi connectivity index (χ0v) is 14.0. The molecule has 1 fully saturated rings. The van der Waals surface area contributed by atoms with Gasteiger partial charge in [-0.2, -0.15) is 0 Å². The maximum absolute atomic E-state index is 12.6. The van der Waals surface area contributed by atoms with Crippen molar-refractivity contribution in [1.82, 2.24) is 19.2 Å². The van der Waals surface area contributed by atoms with Crippen LogP contribution in [0.25, 0.3) is 0 Å². The van der Waals surface area contributed by atoms with Gasteiger partial charge in [-0.05, 0) is 26.7 Å². The van der Waals surface area contributed by atoms with Gasteiger partial charge in [-0.3, -0.25) is 4.79 Å². The van der Waals surface area contributed by atoms with Crippen molar-refractivity contribution >= 4 is 15.9 Å². The molecule has 1 aliphatic heterocycles. The van der Waals surface area contributed by atoms with Crippen LogP contribution in [-0.4, -0.2) is 47.1 Å². The second-order valence-electron chi connectivity index (χ2n) is 6.75. The van der Waals surface area contributed by atoms with Gasteiger partial charge >= 0.3 is 0 Å². The lowest BCUT2D eigenvalue weighted by atomic mass is 10.0. The van der Waals surface area contributed by atoms with Crippen LogP contribution in [0, 0.1) is 0 Å². The molecule has 0 saturated heterocycles. The number of aromatic nitrogens is 2. The lowest BCUT2D eigenvalue weighted by molar-refractivity contribution is -0.137. The standard InChI is InChI=1S/C14H22N4O3S/c1-14(2,16-22(3,20)21)13(19)17-7-6-12-11(8-17)15-9-18(12)10-4-5-10/h9-10,16H,4-8H2,1-3H3. The Bertz CT molecular complexity index is 704. The first-order valence-electron chi connectivity index (χ1n) is 7.50. The molecule has 1 amide bonds. The second kappa shape index (κ2) is 5.06. The molecule has 0 radical (unpaired) electrons. The van der Waals surface area contributed by atoms with Crippen LogP contribution in [0.3, 0.4) is 0 Å². The molecular weight excluding hydrogens is 304 g/mol.